The summed E-state index contributed by atoms with van der Waals surface area (Å²) in [5, 5.41) is 0.863. The Morgan fingerprint density at radius 1 is 1.24 bits per heavy atom. The first-order valence-electron chi connectivity index (χ1n) is 6.56. The van der Waals surface area contributed by atoms with Crippen LogP contribution in [-0.4, -0.2) is 32.7 Å². The highest BCUT2D eigenvalue weighted by molar-refractivity contribution is 9.11. The Balaban J connectivity index is 1.77. The van der Waals surface area contributed by atoms with Gasteiger partial charge < -0.3 is 0 Å². The summed E-state index contributed by atoms with van der Waals surface area (Å²) in [5.74, 6) is 0. The second-order valence-electron chi connectivity index (χ2n) is 4.87. The molecule has 0 saturated heterocycles. The Morgan fingerprint density at radius 3 is 2.71 bits per heavy atom. The molecule has 0 unspecified atom stereocenters. The summed E-state index contributed by atoms with van der Waals surface area (Å²) in [4.78, 5) is 15.6. The molecular weight excluding hydrogens is 416 g/mol. The van der Waals surface area contributed by atoms with Crippen LogP contribution >= 0.6 is 43.6 Å². The Kier molecular flexibility index (Phi) is 4.93. The van der Waals surface area contributed by atoms with E-state index >= 15 is 0 Å². The van der Waals surface area contributed by atoms with Crippen molar-refractivity contribution in [2.45, 2.75) is 24.7 Å². The van der Waals surface area contributed by atoms with Crippen LogP contribution in [0, 0.1) is 0 Å². The van der Waals surface area contributed by atoms with Gasteiger partial charge in [-0.1, -0.05) is 11.8 Å². The first kappa shape index (κ1) is 15.4. The van der Waals surface area contributed by atoms with E-state index in [4.69, 9.17) is 0 Å². The van der Waals surface area contributed by atoms with Crippen LogP contribution in [0.25, 0.3) is 0 Å². The van der Waals surface area contributed by atoms with Gasteiger partial charge in [-0.15, -0.1) is 0 Å². The number of pyridine rings is 1. The van der Waals surface area contributed by atoms with Gasteiger partial charge in [0.05, 0.1) is 5.69 Å². The van der Waals surface area contributed by atoms with Gasteiger partial charge in [0, 0.05) is 59.2 Å². The summed E-state index contributed by atoms with van der Waals surface area (Å²) in [5.41, 5.74) is 3.66. The fraction of sp³-hybridized carbons (Fsp3) is 0.357. The fourth-order valence-electron chi connectivity index (χ4n) is 2.40. The van der Waals surface area contributed by atoms with Crippen molar-refractivity contribution in [3.63, 3.8) is 0 Å². The van der Waals surface area contributed by atoms with Crippen LogP contribution in [0.5, 0.6) is 0 Å². The molecule has 1 aliphatic heterocycles. The van der Waals surface area contributed by atoms with Gasteiger partial charge in [0.25, 0.3) is 0 Å². The monoisotopic (exact) mass is 428 g/mol. The average molecular weight is 430 g/mol. The number of hydrogen-bond acceptors (Lipinski definition) is 5. The summed E-state index contributed by atoms with van der Waals surface area (Å²) in [6, 6.07) is 0. The van der Waals surface area contributed by atoms with E-state index in [1.165, 1.54) is 16.8 Å². The first-order valence-corrected chi connectivity index (χ1v) is 9.37. The van der Waals surface area contributed by atoms with Crippen molar-refractivity contribution in [1.29, 1.82) is 0 Å². The van der Waals surface area contributed by atoms with Crippen LogP contribution in [0.3, 0.4) is 0 Å². The Morgan fingerprint density at radius 2 is 2.00 bits per heavy atom. The van der Waals surface area contributed by atoms with E-state index in [1.54, 1.807) is 11.8 Å². The zero-order chi connectivity index (χ0) is 14.8. The second-order valence-corrected chi connectivity index (χ2v) is 7.35. The van der Waals surface area contributed by atoms with Gasteiger partial charge in [-0.25, -0.2) is 9.97 Å². The van der Waals surface area contributed by atoms with Gasteiger partial charge >= 0.3 is 0 Å². The lowest BCUT2D eigenvalue weighted by Crippen LogP contribution is -2.31. The Hall–Kier alpha value is -0.500. The number of nitrogens with zero attached hydrogens (tertiary/aromatic N) is 4. The summed E-state index contributed by atoms with van der Waals surface area (Å²) in [6.07, 6.45) is 8.63. The average Bonchev–Trinajstić information content (AvgIpc) is 2.50. The zero-order valence-corrected chi connectivity index (χ0v) is 15.5. The molecule has 0 radical (unpaired) electrons. The molecule has 110 valence electrons. The minimum atomic E-state index is 0.863. The molecule has 0 aliphatic carbocycles. The van der Waals surface area contributed by atoms with E-state index in [0.717, 1.165) is 40.2 Å². The highest BCUT2D eigenvalue weighted by Crippen LogP contribution is 2.27. The minimum Gasteiger partial charge on any atom is -0.294 e. The van der Waals surface area contributed by atoms with Crippen molar-refractivity contribution in [2.24, 2.45) is 0 Å². The molecular formula is C14H14Br2N4S. The molecule has 0 amide bonds. The standard InChI is InChI=1S/C14H14Br2N4S/c1-21-14-18-4-9-7-20(3-2-13(9)19-14)8-10-11(15)5-17-6-12(10)16/h4-6H,2-3,7-8H2,1H3. The summed E-state index contributed by atoms with van der Waals surface area (Å²) < 4.78 is 2.08. The number of rotatable bonds is 3. The van der Waals surface area contributed by atoms with Crippen LogP contribution < -0.4 is 0 Å². The van der Waals surface area contributed by atoms with E-state index in [0.29, 0.717) is 0 Å². The quantitative estimate of drug-likeness (QED) is 0.549. The molecule has 1 aliphatic rings. The molecule has 3 rings (SSSR count). The SMILES string of the molecule is CSc1ncc2c(n1)CCN(Cc1c(Br)cncc1Br)C2. The van der Waals surface area contributed by atoms with Crippen LogP contribution in [-0.2, 0) is 19.5 Å². The van der Waals surface area contributed by atoms with Crippen LogP contribution in [0.1, 0.15) is 16.8 Å². The lowest BCUT2D eigenvalue weighted by atomic mass is 10.1. The van der Waals surface area contributed by atoms with Crippen molar-refractivity contribution in [3.8, 4) is 0 Å². The molecule has 21 heavy (non-hydrogen) atoms. The summed E-state index contributed by atoms with van der Waals surface area (Å²) in [6.45, 7) is 2.79. The van der Waals surface area contributed by atoms with Gasteiger partial charge in [-0.2, -0.15) is 0 Å². The fourth-order valence-corrected chi connectivity index (χ4v) is 3.94. The summed E-state index contributed by atoms with van der Waals surface area (Å²) in [7, 11) is 0. The smallest absolute Gasteiger partial charge is 0.187 e. The third-order valence-corrected chi connectivity index (χ3v) is 5.44. The maximum Gasteiger partial charge on any atom is 0.187 e. The predicted octanol–water partition coefficient (Wildman–Crippen LogP) is 3.68. The van der Waals surface area contributed by atoms with Gasteiger partial charge in [-0.05, 0) is 43.7 Å². The van der Waals surface area contributed by atoms with E-state index in [-0.39, 0.29) is 0 Å². The molecule has 4 nitrogen and oxygen atoms in total. The van der Waals surface area contributed by atoms with Crippen molar-refractivity contribution >= 4 is 43.6 Å². The molecule has 2 aromatic rings. The highest BCUT2D eigenvalue weighted by Gasteiger charge is 2.20. The number of aromatic nitrogens is 3. The zero-order valence-electron chi connectivity index (χ0n) is 11.5. The predicted molar refractivity (Wildman–Crippen MR) is 91.3 cm³/mol. The van der Waals surface area contributed by atoms with Gasteiger partial charge in [0.2, 0.25) is 0 Å². The molecule has 0 aromatic carbocycles. The molecule has 0 spiro atoms. The molecule has 3 heterocycles. The molecule has 7 heteroatoms. The lowest BCUT2D eigenvalue weighted by molar-refractivity contribution is 0.241. The minimum absolute atomic E-state index is 0.863. The van der Waals surface area contributed by atoms with Gasteiger partial charge in [0.15, 0.2) is 5.16 Å². The van der Waals surface area contributed by atoms with Crippen molar-refractivity contribution in [1.82, 2.24) is 19.9 Å². The largest absolute Gasteiger partial charge is 0.294 e. The van der Waals surface area contributed by atoms with Crippen LogP contribution in [0.2, 0.25) is 0 Å². The molecule has 0 N–H and O–H groups in total. The number of hydrogen-bond donors (Lipinski definition) is 0. The highest BCUT2D eigenvalue weighted by atomic mass is 79.9. The van der Waals surface area contributed by atoms with Gasteiger partial charge in [-0.3, -0.25) is 9.88 Å². The third kappa shape index (κ3) is 3.47. The molecule has 2 aromatic heterocycles. The van der Waals surface area contributed by atoms with Crippen molar-refractivity contribution in [3.05, 3.63) is 44.4 Å². The maximum absolute atomic E-state index is 4.61. The normalized spacial score (nSPS) is 15.0. The van der Waals surface area contributed by atoms with E-state index < -0.39 is 0 Å². The lowest BCUT2D eigenvalue weighted by Gasteiger charge is -2.28. The van der Waals surface area contributed by atoms with Crippen LogP contribution in [0.4, 0.5) is 0 Å². The number of halogens is 2. The molecule has 0 saturated carbocycles. The summed E-state index contributed by atoms with van der Waals surface area (Å²) >= 11 is 8.75. The number of thioether (sulfide) groups is 1. The molecule has 0 atom stereocenters. The van der Waals surface area contributed by atoms with Crippen molar-refractivity contribution < 1.29 is 0 Å². The third-order valence-electron chi connectivity index (χ3n) is 3.51. The van der Waals surface area contributed by atoms with E-state index in [2.05, 4.69) is 51.7 Å². The molecule has 0 bridgehead atoms. The Bertz CT molecular complexity index is 645. The van der Waals surface area contributed by atoms with Gasteiger partial charge in [0.1, 0.15) is 0 Å². The second kappa shape index (κ2) is 6.73. The maximum atomic E-state index is 4.61. The van der Waals surface area contributed by atoms with E-state index in [1.807, 2.05) is 24.8 Å². The van der Waals surface area contributed by atoms with Crippen LogP contribution in [0.15, 0.2) is 32.7 Å². The topological polar surface area (TPSA) is 41.9 Å². The first-order chi connectivity index (χ1) is 10.2. The van der Waals surface area contributed by atoms with Crippen molar-refractivity contribution in [2.75, 3.05) is 12.8 Å². The van der Waals surface area contributed by atoms with E-state index in [9.17, 15) is 0 Å². The number of fused-ring (bicyclic) bond motifs is 1. The Labute approximate surface area is 145 Å². The molecule has 0 fully saturated rings.